The summed E-state index contributed by atoms with van der Waals surface area (Å²) in [5, 5.41) is 0. The Hall–Kier alpha value is -1.87. The number of sulfonamides is 1. The van der Waals surface area contributed by atoms with Crippen LogP contribution in [0.3, 0.4) is 0 Å². The topological polar surface area (TPSA) is 58.6 Å². The number of hydrogen-bond donors (Lipinski definition) is 1. The summed E-state index contributed by atoms with van der Waals surface area (Å²) in [4.78, 5) is 1.19. The summed E-state index contributed by atoms with van der Waals surface area (Å²) in [6, 6.07) is 11.8. The highest BCUT2D eigenvalue weighted by Gasteiger charge is 2.47. The van der Waals surface area contributed by atoms with Gasteiger partial charge in [-0.3, -0.25) is 0 Å². The van der Waals surface area contributed by atoms with Gasteiger partial charge in [-0.05, 0) is 47.9 Å². The molecule has 174 valence electrons. The molecular weight excluding hydrogens is 434 g/mol. The molecule has 2 aliphatic rings. The molecule has 0 aromatic heterocycles. The van der Waals surface area contributed by atoms with E-state index in [4.69, 9.17) is 4.74 Å². The number of nitrogens with zero attached hydrogens (tertiary/aromatic N) is 1. The molecule has 1 saturated heterocycles. The van der Waals surface area contributed by atoms with Crippen LogP contribution in [0, 0.1) is 0 Å². The van der Waals surface area contributed by atoms with E-state index in [2.05, 4.69) is 16.9 Å². The summed E-state index contributed by atoms with van der Waals surface area (Å²) in [6.07, 6.45) is 2.42. The smallest absolute Gasteiger partial charge is 0.305 e. The molecule has 2 bridgehead atoms. The highest BCUT2D eigenvalue weighted by Crippen LogP contribution is 2.36. The van der Waals surface area contributed by atoms with E-state index < -0.39 is 28.2 Å². The summed E-state index contributed by atoms with van der Waals surface area (Å²) in [5.74, 6) is 0. The molecule has 2 atom stereocenters. The SMILES string of the molecule is CS(=O)(=O)NC1CCN2C1Cc1cccc(c1)-c1ccccc1CCOCCCC2(F)F. The van der Waals surface area contributed by atoms with Crippen LogP contribution in [0.15, 0.2) is 48.5 Å². The first kappa shape index (κ1) is 23.3. The maximum atomic E-state index is 15.2. The molecule has 2 aromatic rings. The van der Waals surface area contributed by atoms with Gasteiger partial charge in [-0.1, -0.05) is 48.5 Å². The van der Waals surface area contributed by atoms with Crippen molar-refractivity contribution in [3.8, 4) is 11.1 Å². The molecule has 0 spiro atoms. The maximum absolute atomic E-state index is 15.2. The Labute approximate surface area is 188 Å². The van der Waals surface area contributed by atoms with Gasteiger partial charge in [-0.25, -0.2) is 18.0 Å². The summed E-state index contributed by atoms with van der Waals surface area (Å²) in [6.45, 7) is 0.901. The minimum atomic E-state index is -3.51. The van der Waals surface area contributed by atoms with E-state index >= 15 is 8.78 Å². The predicted octanol–water partition coefficient (Wildman–Crippen LogP) is 3.83. The van der Waals surface area contributed by atoms with Crippen molar-refractivity contribution in [3.63, 3.8) is 0 Å². The zero-order valence-electron chi connectivity index (χ0n) is 18.3. The Morgan fingerprint density at radius 3 is 2.75 bits per heavy atom. The van der Waals surface area contributed by atoms with E-state index in [1.807, 2.05) is 36.4 Å². The fourth-order valence-electron chi connectivity index (χ4n) is 4.87. The molecular formula is C24H30F2N2O3S. The number of fused-ring (bicyclic) bond motifs is 5. The normalized spacial score (nSPS) is 24.7. The van der Waals surface area contributed by atoms with E-state index in [1.54, 1.807) is 0 Å². The van der Waals surface area contributed by atoms with Crippen LogP contribution in [0.2, 0.25) is 0 Å². The standard InChI is InChI=1S/C24H30F2N2O3S/c1-32(29,30)27-22-10-13-28-23(22)17-18-6-4-8-20(16-18)21-9-3-2-7-19(21)11-15-31-14-5-12-24(28,25)26/h2-4,6-9,16,22-23,27H,5,10-15,17H2,1H3. The predicted molar refractivity (Wildman–Crippen MR) is 121 cm³/mol. The maximum Gasteiger partial charge on any atom is 0.305 e. The quantitative estimate of drug-likeness (QED) is 0.687. The third-order valence-corrected chi connectivity index (χ3v) is 7.04. The second-order valence-corrected chi connectivity index (χ2v) is 10.5. The van der Waals surface area contributed by atoms with Crippen molar-refractivity contribution in [2.24, 2.45) is 0 Å². The molecule has 2 unspecified atom stereocenters. The second kappa shape index (κ2) is 9.55. The lowest BCUT2D eigenvalue weighted by Crippen LogP contribution is -2.51. The lowest BCUT2D eigenvalue weighted by Gasteiger charge is -2.34. The average molecular weight is 465 g/mol. The molecule has 2 heterocycles. The van der Waals surface area contributed by atoms with Gasteiger partial charge >= 0.3 is 6.05 Å². The van der Waals surface area contributed by atoms with Crippen molar-refractivity contribution >= 4 is 10.0 Å². The summed E-state index contributed by atoms with van der Waals surface area (Å²) < 4.78 is 62.5. The largest absolute Gasteiger partial charge is 0.381 e. The van der Waals surface area contributed by atoms with Crippen molar-refractivity contribution in [1.82, 2.24) is 9.62 Å². The Balaban J connectivity index is 1.72. The van der Waals surface area contributed by atoms with Crippen molar-refractivity contribution in [3.05, 3.63) is 59.7 Å². The number of alkyl halides is 2. The molecule has 2 aromatic carbocycles. The van der Waals surface area contributed by atoms with Crippen molar-refractivity contribution in [2.75, 3.05) is 26.0 Å². The zero-order valence-corrected chi connectivity index (χ0v) is 19.1. The summed E-state index contributed by atoms with van der Waals surface area (Å²) in [7, 11) is -3.51. The van der Waals surface area contributed by atoms with Crippen LogP contribution in [-0.2, 0) is 27.6 Å². The van der Waals surface area contributed by atoms with E-state index in [0.717, 1.165) is 28.5 Å². The van der Waals surface area contributed by atoms with Gasteiger partial charge in [0.05, 0.1) is 12.9 Å². The number of hydrogen-bond acceptors (Lipinski definition) is 4. The highest BCUT2D eigenvalue weighted by atomic mass is 32.2. The Kier molecular flexibility index (Phi) is 6.95. The highest BCUT2D eigenvalue weighted by molar-refractivity contribution is 7.88. The van der Waals surface area contributed by atoms with E-state index in [-0.39, 0.29) is 26.0 Å². The van der Waals surface area contributed by atoms with Gasteiger partial charge in [-0.2, -0.15) is 8.78 Å². The zero-order chi connectivity index (χ0) is 22.8. The Morgan fingerprint density at radius 2 is 1.94 bits per heavy atom. The number of rotatable bonds is 2. The van der Waals surface area contributed by atoms with Crippen molar-refractivity contribution < 1.29 is 21.9 Å². The third-order valence-electron chi connectivity index (χ3n) is 6.31. The summed E-state index contributed by atoms with van der Waals surface area (Å²) in [5.41, 5.74) is 4.20. The minimum absolute atomic E-state index is 0.147. The lowest BCUT2D eigenvalue weighted by molar-refractivity contribution is -0.161. The second-order valence-electron chi connectivity index (χ2n) is 8.74. The molecule has 8 heteroatoms. The average Bonchev–Trinajstić information content (AvgIpc) is 3.12. The van der Waals surface area contributed by atoms with Crippen molar-refractivity contribution in [2.45, 2.75) is 50.2 Å². The van der Waals surface area contributed by atoms with E-state index in [1.165, 1.54) is 4.90 Å². The molecule has 5 nitrogen and oxygen atoms in total. The molecule has 0 aliphatic carbocycles. The van der Waals surface area contributed by atoms with Gasteiger partial charge in [-0.15, -0.1) is 0 Å². The minimum Gasteiger partial charge on any atom is -0.381 e. The van der Waals surface area contributed by atoms with Crippen LogP contribution < -0.4 is 4.72 Å². The first-order valence-electron chi connectivity index (χ1n) is 11.1. The molecule has 1 N–H and O–H groups in total. The molecule has 2 aliphatic heterocycles. The Morgan fingerprint density at radius 1 is 1.12 bits per heavy atom. The third kappa shape index (κ3) is 5.54. The van der Waals surface area contributed by atoms with Crippen LogP contribution in [0.1, 0.15) is 30.4 Å². The molecule has 32 heavy (non-hydrogen) atoms. The molecule has 0 amide bonds. The molecule has 0 radical (unpaired) electrons. The van der Waals surface area contributed by atoms with Gasteiger partial charge < -0.3 is 4.74 Å². The number of halogens is 2. The van der Waals surface area contributed by atoms with Crippen LogP contribution >= 0.6 is 0 Å². The summed E-state index contributed by atoms with van der Waals surface area (Å²) >= 11 is 0. The molecule has 4 rings (SSSR count). The van der Waals surface area contributed by atoms with Gasteiger partial charge in [0.2, 0.25) is 10.0 Å². The monoisotopic (exact) mass is 464 g/mol. The molecule has 1 fully saturated rings. The molecule has 0 saturated carbocycles. The van der Waals surface area contributed by atoms with E-state index in [9.17, 15) is 8.42 Å². The van der Waals surface area contributed by atoms with Crippen LogP contribution in [0.5, 0.6) is 0 Å². The Bertz CT molecular complexity index is 1050. The lowest BCUT2D eigenvalue weighted by atomic mass is 9.94. The number of benzene rings is 2. The van der Waals surface area contributed by atoms with Gasteiger partial charge in [0.1, 0.15) is 0 Å². The van der Waals surface area contributed by atoms with E-state index in [0.29, 0.717) is 25.9 Å². The number of ether oxygens (including phenoxy) is 1. The van der Waals surface area contributed by atoms with Gasteiger partial charge in [0, 0.05) is 31.7 Å². The van der Waals surface area contributed by atoms with Gasteiger partial charge in [0.25, 0.3) is 0 Å². The van der Waals surface area contributed by atoms with Crippen LogP contribution in [0.25, 0.3) is 11.1 Å². The number of nitrogens with one attached hydrogen (secondary N) is 1. The first-order valence-corrected chi connectivity index (χ1v) is 13.0. The van der Waals surface area contributed by atoms with Crippen molar-refractivity contribution in [1.29, 1.82) is 0 Å². The fourth-order valence-corrected chi connectivity index (χ4v) is 5.69. The van der Waals surface area contributed by atoms with Gasteiger partial charge in [0.15, 0.2) is 0 Å². The fraction of sp³-hybridized carbons (Fsp3) is 0.500. The van der Waals surface area contributed by atoms with Crippen LogP contribution in [0.4, 0.5) is 8.78 Å². The van der Waals surface area contributed by atoms with Crippen LogP contribution in [-0.4, -0.2) is 57.5 Å². The first-order chi connectivity index (χ1) is 15.2.